The Morgan fingerprint density at radius 1 is 0.886 bits per heavy atom. The van der Waals surface area contributed by atoms with Gasteiger partial charge < -0.3 is 10.6 Å². The molecule has 0 bridgehead atoms. The molecule has 0 aliphatic carbocycles. The predicted octanol–water partition coefficient (Wildman–Crippen LogP) is 5.35. The molecule has 0 saturated heterocycles. The third kappa shape index (κ3) is 6.75. The summed E-state index contributed by atoms with van der Waals surface area (Å²) in [4.78, 5) is 25.3. The molecular weight excluding hydrogens is 509 g/mol. The fraction of sp³-hybridized carbons (Fsp3) is 0.200. The van der Waals surface area contributed by atoms with Gasteiger partial charge in [0.2, 0.25) is 10.0 Å². The summed E-state index contributed by atoms with van der Waals surface area (Å²) in [5, 5.41) is 6.25. The van der Waals surface area contributed by atoms with E-state index in [1.807, 2.05) is 6.92 Å². The highest BCUT2D eigenvalue weighted by Gasteiger charge is 2.21. The molecule has 0 aliphatic rings. The monoisotopic (exact) mass is 533 g/mol. The predicted molar refractivity (Wildman–Crippen MR) is 141 cm³/mol. The van der Waals surface area contributed by atoms with Gasteiger partial charge in [-0.25, -0.2) is 8.42 Å². The van der Waals surface area contributed by atoms with Crippen LogP contribution in [0.3, 0.4) is 0 Å². The number of rotatable bonds is 9. The SMILES string of the molecule is CCCNC(=O)c1ccccc1NC(=O)c1ccc(N(Cc2c(Cl)cccc2Cl)S(C)(=O)=O)cc1. The molecule has 35 heavy (non-hydrogen) atoms. The van der Waals surface area contributed by atoms with Crippen molar-refractivity contribution in [2.75, 3.05) is 22.4 Å². The number of anilines is 2. The number of benzene rings is 3. The van der Waals surface area contributed by atoms with Crippen LogP contribution in [0, 0.1) is 0 Å². The van der Waals surface area contributed by atoms with Gasteiger partial charge >= 0.3 is 0 Å². The van der Waals surface area contributed by atoms with E-state index in [0.717, 1.165) is 17.0 Å². The minimum atomic E-state index is -3.68. The van der Waals surface area contributed by atoms with Gasteiger partial charge in [-0.3, -0.25) is 13.9 Å². The molecule has 2 amide bonds. The minimum Gasteiger partial charge on any atom is -0.352 e. The number of halogens is 2. The lowest BCUT2D eigenvalue weighted by Crippen LogP contribution is -2.29. The van der Waals surface area contributed by atoms with Gasteiger partial charge in [0.25, 0.3) is 11.8 Å². The molecule has 0 aromatic heterocycles. The maximum absolute atomic E-state index is 12.9. The maximum Gasteiger partial charge on any atom is 0.255 e. The zero-order chi connectivity index (χ0) is 25.6. The lowest BCUT2D eigenvalue weighted by atomic mass is 10.1. The van der Waals surface area contributed by atoms with Crippen LogP contribution in [0.25, 0.3) is 0 Å². The fourth-order valence-electron chi connectivity index (χ4n) is 3.32. The Morgan fingerprint density at radius 2 is 1.51 bits per heavy atom. The number of sulfonamides is 1. The number of carbonyl (C=O) groups excluding carboxylic acids is 2. The van der Waals surface area contributed by atoms with E-state index in [2.05, 4.69) is 10.6 Å². The summed E-state index contributed by atoms with van der Waals surface area (Å²) >= 11 is 12.5. The minimum absolute atomic E-state index is 0.0663. The van der Waals surface area contributed by atoms with Gasteiger partial charge in [-0.15, -0.1) is 0 Å². The summed E-state index contributed by atoms with van der Waals surface area (Å²) in [6.07, 6.45) is 1.87. The Hall–Kier alpha value is -3.07. The van der Waals surface area contributed by atoms with Crippen molar-refractivity contribution in [3.8, 4) is 0 Å². The second kappa shape index (κ2) is 11.6. The summed E-state index contributed by atoms with van der Waals surface area (Å²) in [6, 6.07) is 17.7. The van der Waals surface area contributed by atoms with Gasteiger partial charge in [0, 0.05) is 27.7 Å². The molecule has 3 aromatic rings. The number of amides is 2. The number of nitrogens with zero attached hydrogens (tertiary/aromatic N) is 1. The standard InChI is InChI=1S/C25H25Cl2N3O4S/c1-3-15-28-25(32)19-7-4-5-10-23(19)29-24(31)17-11-13-18(14-12-17)30(35(2,33)34)16-20-21(26)8-6-9-22(20)27/h4-14H,3,15-16H2,1-2H3,(H,28,32)(H,29,31). The van der Waals surface area contributed by atoms with Crippen molar-refractivity contribution in [2.45, 2.75) is 19.9 Å². The molecule has 0 aliphatic heterocycles. The van der Waals surface area contributed by atoms with Gasteiger partial charge in [0.15, 0.2) is 0 Å². The van der Waals surface area contributed by atoms with E-state index in [9.17, 15) is 18.0 Å². The van der Waals surface area contributed by atoms with Gasteiger partial charge in [-0.05, 0) is 55.0 Å². The molecular formula is C25H25Cl2N3O4S. The van der Waals surface area contributed by atoms with Gasteiger partial charge in [0.05, 0.1) is 29.7 Å². The van der Waals surface area contributed by atoms with Crippen LogP contribution >= 0.6 is 23.2 Å². The molecule has 0 spiro atoms. The third-order valence-electron chi connectivity index (χ3n) is 5.14. The maximum atomic E-state index is 12.9. The van der Waals surface area contributed by atoms with E-state index in [1.54, 1.807) is 42.5 Å². The summed E-state index contributed by atoms with van der Waals surface area (Å²) < 4.78 is 26.2. The molecule has 0 heterocycles. The molecule has 0 unspecified atom stereocenters. The van der Waals surface area contributed by atoms with Crippen molar-refractivity contribution in [1.29, 1.82) is 0 Å². The van der Waals surface area contributed by atoms with Crippen molar-refractivity contribution < 1.29 is 18.0 Å². The smallest absolute Gasteiger partial charge is 0.255 e. The first-order valence-electron chi connectivity index (χ1n) is 10.8. The van der Waals surface area contributed by atoms with Crippen LogP contribution in [0.5, 0.6) is 0 Å². The van der Waals surface area contributed by atoms with Crippen LogP contribution in [0.2, 0.25) is 10.0 Å². The Labute approximate surface area is 215 Å². The first kappa shape index (κ1) is 26.5. The summed E-state index contributed by atoms with van der Waals surface area (Å²) in [7, 11) is -3.68. The topological polar surface area (TPSA) is 95.6 Å². The molecule has 3 aromatic carbocycles. The van der Waals surface area contributed by atoms with Crippen LogP contribution in [0.1, 0.15) is 39.6 Å². The van der Waals surface area contributed by atoms with Crippen LogP contribution in [0.4, 0.5) is 11.4 Å². The van der Waals surface area contributed by atoms with Crippen molar-refractivity contribution >= 4 is 56.4 Å². The second-order valence-electron chi connectivity index (χ2n) is 7.77. The summed E-state index contributed by atoms with van der Waals surface area (Å²) in [6.45, 7) is 2.41. The number of carbonyl (C=O) groups is 2. The molecule has 0 fully saturated rings. The summed E-state index contributed by atoms with van der Waals surface area (Å²) in [5.74, 6) is -0.715. The number of hydrogen-bond donors (Lipinski definition) is 2. The lowest BCUT2D eigenvalue weighted by molar-refractivity contribution is 0.0954. The molecule has 184 valence electrons. The number of para-hydroxylation sites is 1. The van der Waals surface area contributed by atoms with E-state index < -0.39 is 15.9 Å². The second-order valence-corrected chi connectivity index (χ2v) is 10.5. The van der Waals surface area contributed by atoms with Crippen LogP contribution in [-0.2, 0) is 16.6 Å². The molecule has 7 nitrogen and oxygen atoms in total. The largest absolute Gasteiger partial charge is 0.352 e. The number of hydrogen-bond acceptors (Lipinski definition) is 4. The van der Waals surface area contributed by atoms with Crippen molar-refractivity contribution in [1.82, 2.24) is 5.32 Å². The van der Waals surface area contributed by atoms with E-state index in [1.165, 1.54) is 24.3 Å². The van der Waals surface area contributed by atoms with E-state index in [-0.39, 0.29) is 12.5 Å². The quantitative estimate of drug-likeness (QED) is 0.387. The molecule has 10 heteroatoms. The highest BCUT2D eigenvalue weighted by Crippen LogP contribution is 2.29. The van der Waals surface area contributed by atoms with E-state index in [4.69, 9.17) is 23.2 Å². The molecule has 2 N–H and O–H groups in total. The Bertz CT molecular complexity index is 1310. The van der Waals surface area contributed by atoms with Gasteiger partial charge in [-0.1, -0.05) is 48.3 Å². The van der Waals surface area contributed by atoms with Crippen LogP contribution < -0.4 is 14.9 Å². The third-order valence-corrected chi connectivity index (χ3v) is 6.99. The van der Waals surface area contributed by atoms with Crippen LogP contribution in [0.15, 0.2) is 66.7 Å². The Kier molecular flexibility index (Phi) is 8.77. The zero-order valence-corrected chi connectivity index (χ0v) is 21.5. The normalized spacial score (nSPS) is 11.1. The average Bonchev–Trinajstić information content (AvgIpc) is 2.82. The van der Waals surface area contributed by atoms with E-state index >= 15 is 0 Å². The van der Waals surface area contributed by atoms with Crippen LogP contribution in [-0.4, -0.2) is 33.0 Å². The van der Waals surface area contributed by atoms with Crippen molar-refractivity contribution in [3.05, 3.63) is 93.5 Å². The Balaban J connectivity index is 1.82. The van der Waals surface area contributed by atoms with Gasteiger partial charge in [-0.2, -0.15) is 0 Å². The average molecular weight is 534 g/mol. The molecule has 0 saturated carbocycles. The molecule has 0 radical (unpaired) electrons. The summed E-state index contributed by atoms with van der Waals surface area (Å²) in [5.41, 5.74) is 1.84. The highest BCUT2D eigenvalue weighted by atomic mass is 35.5. The van der Waals surface area contributed by atoms with Gasteiger partial charge in [0.1, 0.15) is 0 Å². The first-order valence-corrected chi connectivity index (χ1v) is 13.4. The first-order chi connectivity index (χ1) is 16.6. The number of nitrogens with one attached hydrogen (secondary N) is 2. The lowest BCUT2D eigenvalue weighted by Gasteiger charge is -2.23. The van der Waals surface area contributed by atoms with Crippen molar-refractivity contribution in [2.24, 2.45) is 0 Å². The molecule has 0 atom stereocenters. The Morgan fingerprint density at radius 3 is 2.11 bits per heavy atom. The highest BCUT2D eigenvalue weighted by molar-refractivity contribution is 7.92. The zero-order valence-electron chi connectivity index (χ0n) is 19.2. The van der Waals surface area contributed by atoms with E-state index in [0.29, 0.717) is 44.7 Å². The molecule has 3 rings (SSSR count). The fourth-order valence-corrected chi connectivity index (χ4v) is 4.71. The van der Waals surface area contributed by atoms with Crippen molar-refractivity contribution in [3.63, 3.8) is 0 Å².